The zero-order valence-corrected chi connectivity index (χ0v) is 44.7. The molecule has 2 fully saturated rings. The summed E-state index contributed by atoms with van der Waals surface area (Å²) in [5.41, 5.74) is -1.66. The summed E-state index contributed by atoms with van der Waals surface area (Å²) < 4.78 is 82.5. The maximum Gasteiger partial charge on any atom is 0.417 e. The van der Waals surface area contributed by atoms with Gasteiger partial charge >= 0.3 is 24.3 Å². The number of carboxylic acid groups (broad SMARTS) is 1. The zero-order chi connectivity index (χ0) is 54.7. The lowest BCUT2D eigenvalue weighted by Crippen LogP contribution is -2.56. The fourth-order valence-corrected chi connectivity index (χ4v) is 10.1. The number of pyridine rings is 1. The summed E-state index contributed by atoms with van der Waals surface area (Å²) in [6.45, 7) is 27.8. The molecule has 1 aromatic heterocycles. The van der Waals surface area contributed by atoms with Crippen molar-refractivity contribution in [1.82, 2.24) is 19.7 Å². The van der Waals surface area contributed by atoms with E-state index in [2.05, 4.69) is 10.2 Å². The number of alkyl halides is 3. The van der Waals surface area contributed by atoms with Crippen LogP contribution in [-0.4, -0.2) is 104 Å². The lowest BCUT2D eigenvalue weighted by Gasteiger charge is -2.47. The van der Waals surface area contributed by atoms with Gasteiger partial charge in [0.2, 0.25) is 0 Å². The van der Waals surface area contributed by atoms with E-state index >= 15 is 0 Å². The Kier molecular flexibility index (Phi) is 18.7. The van der Waals surface area contributed by atoms with Crippen LogP contribution in [0.1, 0.15) is 157 Å². The van der Waals surface area contributed by atoms with E-state index in [0.29, 0.717) is 61.3 Å². The fourth-order valence-electron chi connectivity index (χ4n) is 10.1. The molecule has 0 bridgehead atoms. The first-order valence-corrected chi connectivity index (χ1v) is 24.6. The first-order chi connectivity index (χ1) is 33.1. The van der Waals surface area contributed by atoms with Crippen LogP contribution in [0.5, 0.6) is 0 Å². The van der Waals surface area contributed by atoms with Crippen LogP contribution >= 0.6 is 0 Å². The summed E-state index contributed by atoms with van der Waals surface area (Å²) in [6, 6.07) is 5.22. The second-order valence-electron chi connectivity index (χ2n) is 21.2. The number of ether oxygens (including phenoxy) is 2. The number of aryl methyl sites for hydroxylation is 1. The van der Waals surface area contributed by atoms with Crippen LogP contribution in [0.15, 0.2) is 35.1 Å². The molecule has 14 nitrogen and oxygen atoms in total. The third-order valence-corrected chi connectivity index (χ3v) is 13.4. The molecule has 0 aliphatic carbocycles. The molecule has 5 rings (SSSR count). The van der Waals surface area contributed by atoms with Crippen molar-refractivity contribution in [3.05, 3.63) is 91.4 Å². The maximum absolute atomic E-state index is 15.0. The molecule has 0 radical (unpaired) electrons. The van der Waals surface area contributed by atoms with E-state index in [0.717, 1.165) is 22.8 Å². The number of benzene rings is 2. The van der Waals surface area contributed by atoms with Gasteiger partial charge in [-0.25, -0.2) is 23.2 Å². The van der Waals surface area contributed by atoms with Gasteiger partial charge in [0.25, 0.3) is 11.5 Å². The Balaban J connectivity index is 0.000000337. The average Bonchev–Trinajstić information content (AvgIpc) is 3.23. The summed E-state index contributed by atoms with van der Waals surface area (Å²) in [6.07, 6.45) is -2.99. The van der Waals surface area contributed by atoms with Crippen molar-refractivity contribution in [3.63, 3.8) is 0 Å². The van der Waals surface area contributed by atoms with Crippen molar-refractivity contribution < 1.29 is 55.7 Å². The molecule has 2 aliphatic heterocycles. The summed E-state index contributed by atoms with van der Waals surface area (Å²) in [4.78, 5) is 70.5. The molecule has 2 aliphatic rings. The van der Waals surface area contributed by atoms with Gasteiger partial charge in [-0.3, -0.25) is 9.59 Å². The predicted molar refractivity (Wildman–Crippen MR) is 268 cm³/mol. The minimum absolute atomic E-state index is 0.0225. The number of halogens is 5. The predicted octanol–water partition coefficient (Wildman–Crippen LogP) is 10.9. The van der Waals surface area contributed by atoms with Gasteiger partial charge in [0.15, 0.2) is 0 Å². The van der Waals surface area contributed by atoms with Gasteiger partial charge in [0, 0.05) is 91.1 Å². The van der Waals surface area contributed by atoms with Gasteiger partial charge < -0.3 is 44.1 Å². The number of aromatic carboxylic acids is 1. The topological polar surface area (TPSA) is 154 Å². The Morgan fingerprint density at radius 2 is 1.06 bits per heavy atom. The molecule has 3 heterocycles. The number of piperidine rings is 2. The third-order valence-electron chi connectivity index (χ3n) is 13.4. The molecule has 19 heteroatoms. The molecule has 4 atom stereocenters. The average molecular weight is 1020 g/mol. The van der Waals surface area contributed by atoms with Gasteiger partial charge in [0.05, 0.1) is 11.1 Å². The number of carbonyl (C=O) groups excluding carboxylic acids is 3. The van der Waals surface area contributed by atoms with E-state index in [9.17, 15) is 51.0 Å². The molecule has 2 saturated heterocycles. The van der Waals surface area contributed by atoms with Crippen molar-refractivity contribution in [3.8, 4) is 0 Å². The number of amides is 3. The highest BCUT2D eigenvalue weighted by molar-refractivity contribution is 5.97. The molecule has 3 aromatic rings. The molecular formula is C53H75F5N6O8. The molecule has 3 amide bonds. The Morgan fingerprint density at radius 3 is 1.40 bits per heavy atom. The number of hydrogen-bond donors (Lipinski definition) is 2. The van der Waals surface area contributed by atoms with Crippen LogP contribution < -0.4 is 20.7 Å². The van der Waals surface area contributed by atoms with Crippen LogP contribution in [0.25, 0.3) is 0 Å². The van der Waals surface area contributed by atoms with E-state index in [4.69, 9.17) is 9.47 Å². The lowest BCUT2D eigenvalue weighted by molar-refractivity contribution is -0.138. The van der Waals surface area contributed by atoms with Crippen LogP contribution in [0.3, 0.4) is 0 Å². The van der Waals surface area contributed by atoms with Gasteiger partial charge in [-0.05, 0) is 171 Å². The van der Waals surface area contributed by atoms with E-state index in [1.807, 2.05) is 88.0 Å². The largest absolute Gasteiger partial charge is 0.478 e. The molecule has 400 valence electrons. The first-order valence-electron chi connectivity index (χ1n) is 24.6. The first kappa shape index (κ1) is 58.7. The fraction of sp³-hybridized carbons (Fsp3) is 0.604. The molecule has 72 heavy (non-hydrogen) atoms. The summed E-state index contributed by atoms with van der Waals surface area (Å²) >= 11 is 0. The number of nitrogens with zero attached hydrogens (tertiary/aromatic N) is 5. The minimum Gasteiger partial charge on any atom is -0.478 e. The number of likely N-dealkylation sites (tertiary alicyclic amines) is 2. The van der Waals surface area contributed by atoms with Crippen molar-refractivity contribution in [2.75, 3.05) is 22.9 Å². The lowest BCUT2D eigenvalue weighted by atomic mass is 9.90. The molecule has 2 N–H and O–H groups in total. The number of hydrogen-bond acceptors (Lipinski definition) is 9. The maximum atomic E-state index is 15.0. The van der Waals surface area contributed by atoms with E-state index in [1.165, 1.54) is 26.1 Å². The van der Waals surface area contributed by atoms with Crippen molar-refractivity contribution in [2.24, 2.45) is 7.05 Å². The molecule has 2 aromatic carbocycles. The Hall–Kier alpha value is -5.88. The number of rotatable bonds is 10. The Bertz CT molecular complexity index is 2510. The monoisotopic (exact) mass is 1020 g/mol. The summed E-state index contributed by atoms with van der Waals surface area (Å²) in [5.74, 6) is -3.18. The highest BCUT2D eigenvalue weighted by atomic mass is 19.4. The standard InChI is InChI=1S/C31H42F4N4O4.C22H33FN2O4/c1-10-38(22-11-18(3)39(19(4)12-22)29(42)43-30(6,7)8)26-15-21(32)14-23(20(26)5)27(40)36-16-24-25(31(33,34)35)13-17(2)37(9)28(24)41;1-8-24(19-12-16(23)11-18(15(19)4)20(26)27)17-9-13(2)25(14(3)10-17)21(28)29-22(5,6)7/h13-15,18-19,22H,10-12,16H2,1-9H3,(H,36,40);11-14,17H,8-10H2,1-7H3,(H,26,27)/t18-,19-;13-,14-/m11/s1. The molecule has 0 unspecified atom stereocenters. The number of carbonyl (C=O) groups is 4. The smallest absolute Gasteiger partial charge is 0.417 e. The number of anilines is 2. The molecule has 0 spiro atoms. The van der Waals surface area contributed by atoms with E-state index in [1.54, 1.807) is 23.6 Å². The second kappa shape index (κ2) is 22.9. The van der Waals surface area contributed by atoms with Gasteiger partial charge in [-0.15, -0.1) is 0 Å². The number of aromatic nitrogens is 1. The van der Waals surface area contributed by atoms with Crippen LogP contribution in [-0.2, 0) is 29.2 Å². The summed E-state index contributed by atoms with van der Waals surface area (Å²) in [7, 11) is 1.35. The van der Waals surface area contributed by atoms with E-state index < -0.39 is 70.2 Å². The van der Waals surface area contributed by atoms with Crippen molar-refractivity contribution in [1.29, 1.82) is 0 Å². The number of carboxylic acids is 1. The summed E-state index contributed by atoms with van der Waals surface area (Å²) in [5, 5.41) is 11.8. The quantitative estimate of drug-likeness (QED) is 0.188. The van der Waals surface area contributed by atoms with Crippen molar-refractivity contribution >= 4 is 35.4 Å². The minimum atomic E-state index is -4.80. The molecule has 0 saturated carbocycles. The van der Waals surface area contributed by atoms with Crippen LogP contribution in [0.4, 0.5) is 42.9 Å². The Morgan fingerprint density at radius 1 is 0.681 bits per heavy atom. The third kappa shape index (κ3) is 14.0. The van der Waals surface area contributed by atoms with E-state index in [-0.39, 0.29) is 59.2 Å². The van der Waals surface area contributed by atoms with Crippen LogP contribution in [0.2, 0.25) is 0 Å². The van der Waals surface area contributed by atoms with Gasteiger partial charge in [-0.1, -0.05) is 0 Å². The number of nitrogens with one attached hydrogen (secondary N) is 1. The molecular weight excluding hydrogens is 944 g/mol. The van der Waals surface area contributed by atoms with Gasteiger partial charge in [0.1, 0.15) is 22.8 Å². The SMILES string of the molecule is CCN(c1cc(F)cc(C(=O)NCc2c(C(F)(F)F)cc(C)n(C)c2=O)c1C)C1C[C@@H](C)N(C(=O)OC(C)(C)C)[C@H](C)C1.CCN(c1cc(F)cc(C(=O)O)c1C)C1C[C@@H](C)N(C(=O)OC(C)(C)C)[C@H](C)C1. The Labute approximate surface area is 420 Å². The highest BCUT2D eigenvalue weighted by Gasteiger charge is 2.41. The van der Waals surface area contributed by atoms with Crippen molar-refractivity contribution in [2.45, 2.75) is 190 Å². The second-order valence-corrected chi connectivity index (χ2v) is 21.2. The van der Waals surface area contributed by atoms with Crippen LogP contribution in [0, 0.1) is 32.4 Å². The zero-order valence-electron chi connectivity index (χ0n) is 44.7. The normalized spacial score (nSPS) is 20.5. The highest BCUT2D eigenvalue weighted by Crippen LogP contribution is 2.37. The van der Waals surface area contributed by atoms with Gasteiger partial charge in [-0.2, -0.15) is 13.2 Å².